The maximum Gasteiger partial charge on any atom is 0.142 e. The average Bonchev–Trinajstić information content (AvgIpc) is 2.98. The highest BCUT2D eigenvalue weighted by atomic mass is 79.9. The van der Waals surface area contributed by atoms with Crippen LogP contribution in [-0.2, 0) is 6.54 Å². The van der Waals surface area contributed by atoms with Gasteiger partial charge in [0.1, 0.15) is 5.01 Å². The number of nitrogens with one attached hydrogen (secondary N) is 1. The van der Waals surface area contributed by atoms with Crippen LogP contribution in [-0.4, -0.2) is 9.97 Å². The van der Waals surface area contributed by atoms with Gasteiger partial charge in [0.25, 0.3) is 0 Å². The predicted octanol–water partition coefficient (Wildman–Crippen LogP) is 5.23. The van der Waals surface area contributed by atoms with Crippen molar-refractivity contribution in [3.63, 3.8) is 0 Å². The van der Waals surface area contributed by atoms with Gasteiger partial charge in [-0.3, -0.25) is 4.98 Å². The molecule has 0 saturated carbocycles. The topological polar surface area (TPSA) is 37.8 Å². The van der Waals surface area contributed by atoms with Gasteiger partial charge < -0.3 is 5.32 Å². The third-order valence-electron chi connectivity index (χ3n) is 2.82. The molecule has 0 aliphatic carbocycles. The molecule has 2 aromatic heterocycles. The molecule has 0 aliphatic rings. The Kier molecular flexibility index (Phi) is 4.53. The van der Waals surface area contributed by atoms with Gasteiger partial charge >= 0.3 is 0 Å². The van der Waals surface area contributed by atoms with Crippen LogP contribution < -0.4 is 5.32 Å². The zero-order valence-corrected chi connectivity index (χ0v) is 14.0. The average molecular weight is 381 g/mol. The monoisotopic (exact) mass is 379 g/mol. The summed E-state index contributed by atoms with van der Waals surface area (Å²) in [6, 6.07) is 11.5. The molecule has 1 N–H and O–H groups in total. The number of rotatable bonds is 4. The third-order valence-corrected chi connectivity index (χ3v) is 4.66. The van der Waals surface area contributed by atoms with Crippen LogP contribution in [0.4, 0.5) is 5.69 Å². The lowest BCUT2D eigenvalue weighted by atomic mass is 10.3. The molecule has 2 heterocycles. The van der Waals surface area contributed by atoms with Crippen LogP contribution in [0.15, 0.2) is 52.4 Å². The summed E-state index contributed by atoms with van der Waals surface area (Å²) >= 11 is 11.1. The maximum atomic E-state index is 6.00. The molecule has 0 saturated heterocycles. The van der Waals surface area contributed by atoms with E-state index in [2.05, 4.69) is 31.2 Å². The molecule has 21 heavy (non-hydrogen) atoms. The second-order valence-electron chi connectivity index (χ2n) is 4.34. The molecule has 0 fully saturated rings. The predicted molar refractivity (Wildman–Crippen MR) is 91.8 cm³/mol. The van der Waals surface area contributed by atoms with Crippen molar-refractivity contribution < 1.29 is 0 Å². The normalized spacial score (nSPS) is 10.6. The fourth-order valence-corrected chi connectivity index (χ4v) is 3.17. The highest BCUT2D eigenvalue weighted by molar-refractivity contribution is 9.10. The minimum Gasteiger partial charge on any atom is -0.378 e. The molecule has 0 bridgehead atoms. The first-order valence-electron chi connectivity index (χ1n) is 6.27. The molecule has 0 atom stereocenters. The van der Waals surface area contributed by atoms with Crippen molar-refractivity contribution in [2.45, 2.75) is 6.54 Å². The second-order valence-corrected chi connectivity index (χ2v) is 6.49. The number of halogens is 2. The van der Waals surface area contributed by atoms with Crippen molar-refractivity contribution in [2.75, 3.05) is 5.32 Å². The number of hydrogen-bond donors (Lipinski definition) is 1. The fraction of sp³-hybridized carbons (Fsp3) is 0.0667. The fourth-order valence-electron chi connectivity index (χ4n) is 1.81. The number of hydrogen-bond acceptors (Lipinski definition) is 4. The van der Waals surface area contributed by atoms with E-state index in [9.17, 15) is 0 Å². The Bertz CT molecular complexity index is 746. The number of nitrogens with zero attached hydrogens (tertiary/aromatic N) is 2. The summed E-state index contributed by atoms with van der Waals surface area (Å²) in [7, 11) is 0. The van der Waals surface area contributed by atoms with Gasteiger partial charge in [-0.25, -0.2) is 4.98 Å². The molecule has 3 aromatic rings. The van der Waals surface area contributed by atoms with Crippen LogP contribution in [0.25, 0.3) is 10.7 Å². The Labute approximate surface area is 140 Å². The van der Waals surface area contributed by atoms with Gasteiger partial charge in [0.2, 0.25) is 0 Å². The molecule has 0 amide bonds. The lowest BCUT2D eigenvalue weighted by Crippen LogP contribution is -2.00. The van der Waals surface area contributed by atoms with E-state index in [-0.39, 0.29) is 0 Å². The number of benzene rings is 1. The van der Waals surface area contributed by atoms with Crippen molar-refractivity contribution in [2.24, 2.45) is 0 Å². The number of anilines is 1. The highest BCUT2D eigenvalue weighted by Gasteiger charge is 2.06. The Morgan fingerprint density at radius 3 is 2.95 bits per heavy atom. The summed E-state index contributed by atoms with van der Waals surface area (Å²) < 4.78 is 0.979. The Morgan fingerprint density at radius 2 is 2.14 bits per heavy atom. The summed E-state index contributed by atoms with van der Waals surface area (Å²) in [5.74, 6) is 0. The van der Waals surface area contributed by atoms with Crippen molar-refractivity contribution >= 4 is 44.6 Å². The Hall–Kier alpha value is -1.43. The molecule has 6 heteroatoms. The first-order valence-corrected chi connectivity index (χ1v) is 8.32. The van der Waals surface area contributed by atoms with E-state index in [1.165, 1.54) is 0 Å². The van der Waals surface area contributed by atoms with E-state index in [1.807, 2.05) is 41.8 Å². The van der Waals surface area contributed by atoms with Gasteiger partial charge in [0, 0.05) is 21.1 Å². The first kappa shape index (κ1) is 14.5. The van der Waals surface area contributed by atoms with Crippen LogP contribution >= 0.6 is 38.9 Å². The van der Waals surface area contributed by atoms with E-state index < -0.39 is 0 Å². The van der Waals surface area contributed by atoms with Crippen molar-refractivity contribution in [1.29, 1.82) is 0 Å². The number of pyridine rings is 1. The molecule has 3 nitrogen and oxygen atoms in total. The van der Waals surface area contributed by atoms with Crippen molar-refractivity contribution in [3.8, 4) is 10.7 Å². The van der Waals surface area contributed by atoms with Crippen LogP contribution in [0.1, 0.15) is 5.69 Å². The van der Waals surface area contributed by atoms with Gasteiger partial charge in [-0.2, -0.15) is 0 Å². The van der Waals surface area contributed by atoms with Gasteiger partial charge in [-0.1, -0.05) is 17.7 Å². The molecule has 0 spiro atoms. The van der Waals surface area contributed by atoms with Gasteiger partial charge in [-0.05, 0) is 46.3 Å². The molecule has 0 unspecified atom stereocenters. The maximum absolute atomic E-state index is 6.00. The molecule has 0 aliphatic heterocycles. The summed E-state index contributed by atoms with van der Waals surface area (Å²) in [4.78, 5) is 8.90. The van der Waals surface area contributed by atoms with Crippen molar-refractivity contribution in [3.05, 3.63) is 63.2 Å². The summed E-state index contributed by atoms with van der Waals surface area (Å²) in [5, 5.41) is 6.99. The Morgan fingerprint density at radius 1 is 1.24 bits per heavy atom. The van der Waals surface area contributed by atoms with E-state index in [4.69, 9.17) is 11.6 Å². The molecule has 0 radical (unpaired) electrons. The molecule has 1 aromatic carbocycles. The van der Waals surface area contributed by atoms with E-state index >= 15 is 0 Å². The highest BCUT2D eigenvalue weighted by Crippen LogP contribution is 2.27. The third kappa shape index (κ3) is 3.61. The quantitative estimate of drug-likeness (QED) is 0.673. The molecule has 106 valence electrons. The number of aromatic nitrogens is 2. The lowest BCUT2D eigenvalue weighted by molar-refractivity contribution is 1.07. The zero-order chi connectivity index (χ0) is 14.7. The summed E-state index contributed by atoms with van der Waals surface area (Å²) in [6.45, 7) is 0.641. The van der Waals surface area contributed by atoms with Gasteiger partial charge in [0.15, 0.2) is 0 Å². The van der Waals surface area contributed by atoms with Gasteiger partial charge in [0.05, 0.1) is 23.6 Å². The largest absolute Gasteiger partial charge is 0.378 e. The minimum atomic E-state index is 0.641. The standard InChI is InChI=1S/C15H11BrClN3S/c16-12-5-4-10(17)7-14(12)19-8-11-9-21-15(20-11)13-3-1-2-6-18-13/h1-7,9,19H,8H2. The number of thiazole rings is 1. The van der Waals surface area contributed by atoms with Crippen LogP contribution in [0, 0.1) is 0 Å². The molecule has 3 rings (SSSR count). The molecular formula is C15H11BrClN3S. The van der Waals surface area contributed by atoms with E-state index in [1.54, 1.807) is 17.5 Å². The van der Waals surface area contributed by atoms with Crippen LogP contribution in [0.2, 0.25) is 5.02 Å². The molecular weight excluding hydrogens is 370 g/mol. The van der Waals surface area contributed by atoms with Crippen LogP contribution in [0.3, 0.4) is 0 Å². The van der Waals surface area contributed by atoms with Crippen LogP contribution in [0.5, 0.6) is 0 Å². The van der Waals surface area contributed by atoms with Gasteiger partial charge in [-0.15, -0.1) is 11.3 Å². The summed E-state index contributed by atoms with van der Waals surface area (Å²) in [5.41, 5.74) is 2.83. The SMILES string of the molecule is Clc1ccc(Br)c(NCc2csc(-c3ccccn3)n2)c1. The second kappa shape index (κ2) is 6.56. The van der Waals surface area contributed by atoms with Crippen molar-refractivity contribution in [1.82, 2.24) is 9.97 Å². The minimum absolute atomic E-state index is 0.641. The smallest absolute Gasteiger partial charge is 0.142 e. The summed E-state index contributed by atoms with van der Waals surface area (Å²) in [6.07, 6.45) is 1.78. The Balaban J connectivity index is 1.72. The first-order chi connectivity index (χ1) is 10.2. The van der Waals surface area contributed by atoms with E-state index in [0.29, 0.717) is 11.6 Å². The lowest BCUT2D eigenvalue weighted by Gasteiger charge is -2.07. The van der Waals surface area contributed by atoms with E-state index in [0.717, 1.165) is 26.6 Å². The zero-order valence-electron chi connectivity index (χ0n) is 10.9.